The van der Waals surface area contributed by atoms with Crippen molar-refractivity contribution in [2.45, 2.75) is 31.3 Å². The molecule has 0 bridgehead atoms. The molecule has 1 amide bonds. The number of benzene rings is 1. The molecule has 0 spiro atoms. The first-order valence-electron chi connectivity index (χ1n) is 5.77. The van der Waals surface area contributed by atoms with Crippen molar-refractivity contribution in [2.24, 2.45) is 4.36 Å². The predicted octanol–water partition coefficient (Wildman–Crippen LogP) is 3.73. The van der Waals surface area contributed by atoms with E-state index < -0.39 is 21.4 Å². The number of carbonyl (C=O) groups excluding carboxylic acids is 1. The Morgan fingerprint density at radius 3 is 2.65 bits per heavy atom. The fraction of sp³-hybridized carbons (Fsp3) is 0.385. The zero-order chi connectivity index (χ0) is 15.4. The highest BCUT2D eigenvalue weighted by atomic mass is 79.9. The van der Waals surface area contributed by atoms with E-state index >= 15 is 0 Å². The molecule has 1 aromatic carbocycles. The van der Waals surface area contributed by atoms with Crippen molar-refractivity contribution < 1.29 is 13.7 Å². The van der Waals surface area contributed by atoms with Crippen LogP contribution in [0.1, 0.15) is 20.8 Å². The van der Waals surface area contributed by atoms with Crippen molar-refractivity contribution >= 4 is 31.8 Å². The standard InChI is InChI=1S/C13H15BrN2O3S/c1-13(2,3)19-12(17)16-20(18,8-7-15)11-6-4-5-10(14)9-11/h4-6,9H,8H2,1-3H3. The number of nitrogens with zero attached hydrogens (tertiary/aromatic N) is 2. The molecule has 20 heavy (non-hydrogen) atoms. The first-order chi connectivity index (χ1) is 9.16. The van der Waals surface area contributed by atoms with Crippen LogP contribution in [-0.2, 0) is 14.5 Å². The molecule has 0 aliphatic heterocycles. The normalized spacial score (nSPS) is 13.9. The molecular weight excluding hydrogens is 344 g/mol. The van der Waals surface area contributed by atoms with Gasteiger partial charge in [-0.2, -0.15) is 5.26 Å². The molecule has 0 saturated heterocycles. The summed E-state index contributed by atoms with van der Waals surface area (Å²) in [5, 5.41) is 8.82. The van der Waals surface area contributed by atoms with Crippen molar-refractivity contribution in [3.8, 4) is 6.07 Å². The Kier molecular flexibility index (Phi) is 5.31. The van der Waals surface area contributed by atoms with Gasteiger partial charge in [-0.15, -0.1) is 4.36 Å². The zero-order valence-electron chi connectivity index (χ0n) is 11.4. The van der Waals surface area contributed by atoms with Crippen molar-refractivity contribution in [1.82, 2.24) is 0 Å². The van der Waals surface area contributed by atoms with E-state index in [1.54, 1.807) is 51.1 Å². The van der Waals surface area contributed by atoms with Gasteiger partial charge in [-0.05, 0) is 39.0 Å². The molecule has 0 aliphatic carbocycles. The molecule has 7 heteroatoms. The van der Waals surface area contributed by atoms with E-state index in [-0.39, 0.29) is 5.75 Å². The van der Waals surface area contributed by atoms with Crippen molar-refractivity contribution in [1.29, 1.82) is 5.26 Å². The SMILES string of the molecule is CC(C)(C)OC(=O)N=S(=O)(CC#N)c1cccc(Br)c1. The number of hydrogen-bond donors (Lipinski definition) is 0. The highest BCUT2D eigenvalue weighted by Gasteiger charge is 2.20. The molecule has 108 valence electrons. The van der Waals surface area contributed by atoms with Crippen molar-refractivity contribution in [3.63, 3.8) is 0 Å². The first-order valence-corrected chi connectivity index (χ1v) is 8.24. The quantitative estimate of drug-likeness (QED) is 0.806. The Bertz CT molecular complexity index is 665. The van der Waals surface area contributed by atoms with E-state index in [0.29, 0.717) is 9.37 Å². The molecule has 0 aliphatic rings. The van der Waals surface area contributed by atoms with Crippen LogP contribution in [0.5, 0.6) is 0 Å². The molecule has 0 fully saturated rings. The van der Waals surface area contributed by atoms with Crippen LogP contribution in [0.25, 0.3) is 0 Å². The van der Waals surface area contributed by atoms with Crippen LogP contribution in [0, 0.1) is 11.3 Å². The predicted molar refractivity (Wildman–Crippen MR) is 79.7 cm³/mol. The smallest absolute Gasteiger partial charge is 0.442 e. The number of halogens is 1. The second kappa shape index (κ2) is 6.37. The van der Waals surface area contributed by atoms with Crippen LogP contribution in [-0.4, -0.2) is 21.7 Å². The largest absolute Gasteiger partial charge is 0.442 e. The lowest BCUT2D eigenvalue weighted by molar-refractivity contribution is 0.0607. The molecule has 5 nitrogen and oxygen atoms in total. The summed E-state index contributed by atoms with van der Waals surface area (Å²) in [6.45, 7) is 5.06. The fourth-order valence-corrected chi connectivity index (χ4v) is 3.26. The molecular formula is C13H15BrN2O3S. The maximum Gasteiger partial charge on any atom is 0.442 e. The minimum absolute atomic E-state index is 0.319. The molecule has 0 heterocycles. The Morgan fingerprint density at radius 1 is 1.50 bits per heavy atom. The number of nitriles is 1. The summed E-state index contributed by atoms with van der Waals surface area (Å²) >= 11 is 3.25. The first kappa shape index (κ1) is 16.7. The molecule has 0 aromatic heterocycles. The van der Waals surface area contributed by atoms with Crippen molar-refractivity contribution in [2.75, 3.05) is 5.75 Å². The minimum atomic E-state index is -3.15. The second-order valence-electron chi connectivity index (χ2n) is 4.97. The fourth-order valence-electron chi connectivity index (χ4n) is 1.32. The number of rotatable bonds is 2. The average molecular weight is 359 g/mol. The Balaban J connectivity index is 3.26. The zero-order valence-corrected chi connectivity index (χ0v) is 13.8. The van der Waals surface area contributed by atoms with Crippen LogP contribution >= 0.6 is 15.9 Å². The summed E-state index contributed by atoms with van der Waals surface area (Å²) in [5.74, 6) is -0.372. The molecule has 1 aromatic rings. The number of ether oxygens (including phenoxy) is 1. The Morgan fingerprint density at radius 2 is 2.15 bits per heavy atom. The van der Waals surface area contributed by atoms with Crippen LogP contribution < -0.4 is 0 Å². The molecule has 0 saturated carbocycles. The minimum Gasteiger partial charge on any atom is -0.442 e. The van der Waals surface area contributed by atoms with Gasteiger partial charge < -0.3 is 4.74 Å². The summed E-state index contributed by atoms with van der Waals surface area (Å²) in [5.41, 5.74) is -0.731. The Labute approximate surface area is 127 Å². The third kappa shape index (κ3) is 4.94. The summed E-state index contributed by atoms with van der Waals surface area (Å²) < 4.78 is 22.1. The molecule has 1 unspecified atom stereocenters. The number of carbonyl (C=O) groups is 1. The molecule has 0 radical (unpaired) electrons. The number of hydrogen-bond acceptors (Lipinski definition) is 4. The van der Waals surface area contributed by atoms with Crippen LogP contribution in [0.2, 0.25) is 0 Å². The van der Waals surface area contributed by atoms with Gasteiger partial charge in [0.1, 0.15) is 11.4 Å². The van der Waals surface area contributed by atoms with Gasteiger partial charge in [-0.3, -0.25) is 0 Å². The summed E-state index contributed by atoms with van der Waals surface area (Å²) in [4.78, 5) is 12.0. The molecule has 0 N–H and O–H groups in total. The van der Waals surface area contributed by atoms with Gasteiger partial charge in [0.2, 0.25) is 0 Å². The summed E-state index contributed by atoms with van der Waals surface area (Å²) in [6, 6.07) is 8.37. The third-order valence-corrected chi connectivity index (χ3v) is 4.49. The van der Waals surface area contributed by atoms with Crippen LogP contribution in [0.15, 0.2) is 38.0 Å². The van der Waals surface area contributed by atoms with E-state index in [0.717, 1.165) is 0 Å². The maximum absolute atomic E-state index is 12.7. The average Bonchev–Trinajstić information content (AvgIpc) is 2.26. The lowest BCUT2D eigenvalue weighted by Gasteiger charge is -2.17. The van der Waals surface area contributed by atoms with E-state index in [1.165, 1.54) is 0 Å². The third-order valence-electron chi connectivity index (χ3n) is 2.04. The maximum atomic E-state index is 12.7. The number of amides is 1. The van der Waals surface area contributed by atoms with Gasteiger partial charge in [0.05, 0.1) is 20.7 Å². The molecule has 1 rings (SSSR count). The molecule has 1 atom stereocenters. The van der Waals surface area contributed by atoms with E-state index in [4.69, 9.17) is 10.00 Å². The van der Waals surface area contributed by atoms with E-state index in [1.807, 2.05) is 0 Å². The lowest BCUT2D eigenvalue weighted by atomic mass is 10.2. The van der Waals surface area contributed by atoms with E-state index in [9.17, 15) is 9.00 Å². The van der Waals surface area contributed by atoms with Crippen molar-refractivity contribution in [3.05, 3.63) is 28.7 Å². The second-order valence-corrected chi connectivity index (χ2v) is 8.11. The summed E-state index contributed by atoms with van der Waals surface area (Å²) in [7, 11) is -3.15. The van der Waals surface area contributed by atoms with Gasteiger partial charge in [0.15, 0.2) is 0 Å². The van der Waals surface area contributed by atoms with E-state index in [2.05, 4.69) is 20.3 Å². The highest BCUT2D eigenvalue weighted by molar-refractivity contribution is 9.10. The van der Waals surface area contributed by atoms with Gasteiger partial charge in [-0.25, -0.2) is 9.00 Å². The Hall–Kier alpha value is -1.39. The highest BCUT2D eigenvalue weighted by Crippen LogP contribution is 2.20. The topological polar surface area (TPSA) is 79.5 Å². The van der Waals surface area contributed by atoms with Gasteiger partial charge in [0.25, 0.3) is 0 Å². The van der Waals surface area contributed by atoms with Gasteiger partial charge in [0, 0.05) is 4.47 Å². The lowest BCUT2D eigenvalue weighted by Crippen LogP contribution is -2.23. The van der Waals surface area contributed by atoms with Gasteiger partial charge >= 0.3 is 6.09 Å². The monoisotopic (exact) mass is 358 g/mol. The van der Waals surface area contributed by atoms with Gasteiger partial charge in [-0.1, -0.05) is 22.0 Å². The van der Waals surface area contributed by atoms with Crippen LogP contribution in [0.3, 0.4) is 0 Å². The van der Waals surface area contributed by atoms with Crippen LogP contribution in [0.4, 0.5) is 4.79 Å². The summed E-state index contributed by atoms with van der Waals surface area (Å²) in [6.07, 6.45) is -0.933.